The summed E-state index contributed by atoms with van der Waals surface area (Å²) in [6.45, 7) is 15.8. The lowest BCUT2D eigenvalue weighted by atomic mass is 10.1. The second kappa shape index (κ2) is 54.5. The van der Waals surface area contributed by atoms with Gasteiger partial charge in [-0.05, 0) is 111 Å². The number of aryl methyl sites for hydroxylation is 1. The summed E-state index contributed by atoms with van der Waals surface area (Å²) < 4.78 is 66.4. The Kier molecular flexibility index (Phi) is 45.8. The highest BCUT2D eigenvalue weighted by Crippen LogP contribution is 2.40. The predicted octanol–water partition coefficient (Wildman–Crippen LogP) is 17.3. The van der Waals surface area contributed by atoms with Crippen molar-refractivity contribution < 1.29 is 144 Å². The van der Waals surface area contributed by atoms with Crippen molar-refractivity contribution in [2.75, 3.05) is 111 Å². The summed E-state index contributed by atoms with van der Waals surface area (Å²) in [5.41, 5.74) is 10.6. The standard InChI is InChI=1S/C15H16N2O6S.C15H21NO6S.C11H14N2O6S.C11H16N2O4S.C8H5ClN2O2S.C8H6N2O3S.C6H4ClNO4S.C6H6N2O4S/c1-21-10-5-4-9(12(6-10)22-2)8-16-14-11(17(19)20)7-13(24-14)15(18)23-3;1-15(2,3)22-14(19)16-12-9(6-7-11(17)20-4)8-10(23-12)13(18)21-5;1-11(2,3)19-10(15)12-8-6(13(16)17)5-7(20-8)9(14)18-4;1-11(2,3)17-10(15)13-8-6(12)5-7(18-8)9(14)16-4;1-13-8(12)5-2-4-7(14-5)11-6(9)3-10-4;1-13-8(12)5-2-4-7(14-5)10-6(11)3-9-4;2*1-12-6(9)4-2-3(8(10)11)5(7)13-4/h4-7,16H,8H2,1-3H3;8H,6-7H2,1-5H3,(H,16,19);5H,1-4H3,(H,12,15);5H,12H2,1-4H3,(H,13,15);2-3H,1H3;2-3H,1H3,(H,10,11);2H,1H3;2H,7H2,1H3. The first-order valence-corrected chi connectivity index (χ1v) is 45.5. The first kappa shape index (κ1) is 117. The third-order valence-corrected chi connectivity index (χ3v) is 24.0. The maximum absolute atomic E-state index is 11.9. The number of hydrogen-bond acceptors (Lipinski definition) is 49. The third-order valence-electron chi connectivity index (χ3n) is 15.4. The lowest BCUT2D eigenvalue weighted by Crippen LogP contribution is -2.27. The van der Waals surface area contributed by atoms with Crippen molar-refractivity contribution in [3.8, 4) is 11.5 Å². The zero-order chi connectivity index (χ0) is 105. The summed E-state index contributed by atoms with van der Waals surface area (Å²) >= 11 is 19.0. The number of carbonyl (C=O) groups is 12. The Morgan fingerprint density at radius 1 is 0.417 bits per heavy atom. The molecule has 0 bridgehead atoms. The number of nitrogens with two attached hydrogens (primary N) is 2. The molecule has 139 heavy (non-hydrogen) atoms. The first-order valence-electron chi connectivity index (χ1n) is 38.2. The fourth-order valence-corrected chi connectivity index (χ4v) is 17.2. The average Bonchev–Trinajstić information content (AvgIpc) is 1.69. The molecule has 10 heterocycles. The number of halogens is 2. The number of hydrogen-bond donors (Lipinski definition) is 7. The molecule has 1 aromatic carbocycles. The van der Waals surface area contributed by atoms with Gasteiger partial charge in [0.2, 0.25) is 0 Å². The Bertz CT molecular complexity index is 6280. The van der Waals surface area contributed by atoms with E-state index in [-0.39, 0.29) is 92.1 Å². The number of esters is 9. The number of H-pyrrole nitrogens is 1. The van der Waals surface area contributed by atoms with E-state index in [9.17, 15) is 103 Å². The quantitative estimate of drug-likeness (QED) is 0.0135. The highest BCUT2D eigenvalue weighted by molar-refractivity contribution is 7.21. The van der Waals surface area contributed by atoms with Gasteiger partial charge in [-0.2, -0.15) is 0 Å². The second-order valence-corrected chi connectivity index (χ2v) is 38.1. The minimum absolute atomic E-state index is 0.00500. The van der Waals surface area contributed by atoms with Crippen molar-refractivity contribution in [2.45, 2.75) is 98.5 Å². The number of nitro groups is 4. The molecule has 9 N–H and O–H groups in total. The van der Waals surface area contributed by atoms with Crippen LogP contribution in [0.1, 0.15) is 157 Å². The molecule has 10 aromatic heterocycles. The van der Waals surface area contributed by atoms with Crippen LogP contribution < -0.4 is 47.8 Å². The van der Waals surface area contributed by atoms with Gasteiger partial charge in [0.15, 0.2) is 19.3 Å². The van der Waals surface area contributed by atoms with Crippen molar-refractivity contribution in [3.63, 3.8) is 0 Å². The molecule has 0 aliphatic heterocycles. The van der Waals surface area contributed by atoms with Crippen LogP contribution in [-0.4, -0.2) is 207 Å². The first-order chi connectivity index (χ1) is 65.0. The van der Waals surface area contributed by atoms with Gasteiger partial charge < -0.3 is 88.1 Å². The largest absolute Gasteiger partial charge is 0.497 e. The topological polar surface area (TPSA) is 678 Å². The maximum Gasteiger partial charge on any atom is 0.412 e. The van der Waals surface area contributed by atoms with Crippen LogP contribution in [0.2, 0.25) is 9.49 Å². The highest BCUT2D eigenvalue weighted by Gasteiger charge is 2.30. The average molecular weight is 2130 g/mol. The lowest BCUT2D eigenvalue weighted by Gasteiger charge is -2.19. The van der Waals surface area contributed by atoms with E-state index in [2.05, 4.69) is 83.8 Å². The van der Waals surface area contributed by atoms with Crippen LogP contribution in [0.3, 0.4) is 0 Å². The Morgan fingerprint density at radius 2 is 0.799 bits per heavy atom. The van der Waals surface area contributed by atoms with Crippen molar-refractivity contribution in [2.24, 2.45) is 0 Å². The van der Waals surface area contributed by atoms with Crippen LogP contribution in [0, 0.1) is 40.5 Å². The molecular weight excluding hydrogens is 2040 g/mol. The summed E-state index contributed by atoms with van der Waals surface area (Å²) in [4.78, 5) is 205. The predicted molar refractivity (Wildman–Crippen MR) is 517 cm³/mol. The van der Waals surface area contributed by atoms with Crippen LogP contribution in [0.25, 0.3) is 20.7 Å². The number of ether oxygens (including phenoxy) is 14. The molecule has 0 spiro atoms. The fourth-order valence-electron chi connectivity index (χ4n) is 9.44. The minimum Gasteiger partial charge on any atom is -0.497 e. The van der Waals surface area contributed by atoms with E-state index in [0.29, 0.717) is 84.5 Å². The molecule has 11 rings (SSSR count). The SMILES string of the molecule is COC(=O)CCc1cc(C(=O)OC)sc1NC(=O)OC(C)(C)C.COC(=O)c1cc(N)c(NC(=O)OC(C)(C)C)s1.COC(=O)c1cc([N+](=O)[O-])c(Cl)s1.COC(=O)c1cc([N+](=O)[O-])c(N)s1.COC(=O)c1cc([N+](=O)[O-])c(NC(=O)OC(C)(C)C)s1.COC(=O)c1cc([N+](=O)[O-])c(NCc2ccc(OC)cc2OC)s1.COC(=O)c1cc2ncc(=O)[nH]c2s1.COC(=O)c1cc2ncc(Cl)nc2s1. The number of amides is 3. The van der Waals surface area contributed by atoms with Crippen LogP contribution in [-0.2, 0) is 74.6 Å². The molecule has 0 aliphatic rings. The molecule has 0 saturated carbocycles. The maximum atomic E-state index is 11.9. The normalized spacial score (nSPS) is 10.4. The number of nitrogens with zero attached hydrogens (tertiary/aromatic N) is 7. The number of methoxy groups -OCH3 is 11. The number of fused-ring (bicyclic) bond motifs is 2. The highest BCUT2D eigenvalue weighted by atomic mass is 35.5. The zero-order valence-corrected chi connectivity index (χ0v) is 84.8. The van der Waals surface area contributed by atoms with Crippen LogP contribution in [0.5, 0.6) is 11.5 Å². The number of nitrogen functional groups attached to an aromatic ring is 2. The van der Waals surface area contributed by atoms with Crippen molar-refractivity contribution in [1.82, 2.24) is 19.9 Å². The molecule has 49 nitrogen and oxygen atoms in total. The van der Waals surface area contributed by atoms with E-state index in [1.165, 1.54) is 99.9 Å². The van der Waals surface area contributed by atoms with Gasteiger partial charge in [-0.25, -0.2) is 62.7 Å². The number of benzene rings is 1. The smallest absolute Gasteiger partial charge is 0.412 e. The Labute approximate surface area is 828 Å². The van der Waals surface area contributed by atoms with Crippen molar-refractivity contribution >= 4 is 260 Å². The fraction of sp³-hybridized carbons (Fsp3) is 0.325. The van der Waals surface area contributed by atoms with Crippen molar-refractivity contribution in [1.29, 1.82) is 0 Å². The summed E-state index contributed by atoms with van der Waals surface area (Å²) in [6, 6.07) is 16.0. The van der Waals surface area contributed by atoms with Gasteiger partial charge in [0, 0.05) is 48.9 Å². The number of carbonyl (C=O) groups excluding carboxylic acids is 12. The molecule has 0 unspecified atom stereocenters. The molecule has 0 radical (unpaired) electrons. The van der Waals surface area contributed by atoms with Gasteiger partial charge in [0.05, 0.1) is 121 Å². The lowest BCUT2D eigenvalue weighted by molar-refractivity contribution is -0.384. The summed E-state index contributed by atoms with van der Waals surface area (Å²) in [6.07, 6.45) is 0.997. The Balaban J connectivity index is 0.000000335. The number of aromatic amines is 1. The van der Waals surface area contributed by atoms with Gasteiger partial charge in [-0.15, -0.1) is 90.7 Å². The molecular formula is C80H88Cl2N14O35S8. The van der Waals surface area contributed by atoms with E-state index < -0.39 is 96.6 Å². The molecule has 0 fully saturated rings. The van der Waals surface area contributed by atoms with Gasteiger partial charge in [-0.1, -0.05) is 23.2 Å². The van der Waals surface area contributed by atoms with Gasteiger partial charge in [0.25, 0.3) is 11.2 Å². The number of thiophene rings is 8. The summed E-state index contributed by atoms with van der Waals surface area (Å²) in [7, 11) is 14.4. The third kappa shape index (κ3) is 37.9. The zero-order valence-electron chi connectivity index (χ0n) is 76.7. The van der Waals surface area contributed by atoms with E-state index in [4.69, 9.17) is 58.4 Å². The molecule has 3 amide bonds. The molecule has 11 aromatic rings. The summed E-state index contributed by atoms with van der Waals surface area (Å²) in [5.74, 6) is -3.52. The molecule has 0 saturated heterocycles. The minimum atomic E-state index is -0.834. The van der Waals surface area contributed by atoms with Crippen LogP contribution in [0.4, 0.5) is 67.8 Å². The van der Waals surface area contributed by atoms with Gasteiger partial charge in [0.1, 0.15) is 97.7 Å². The van der Waals surface area contributed by atoms with E-state index in [0.717, 1.165) is 110 Å². The monoisotopic (exact) mass is 2130 g/mol. The number of nitrogens with one attached hydrogen (secondary N) is 5. The van der Waals surface area contributed by atoms with Crippen molar-refractivity contribution in [3.05, 3.63) is 190 Å². The number of anilines is 6. The van der Waals surface area contributed by atoms with E-state index in [1.54, 1.807) is 106 Å². The number of rotatable bonds is 23. The molecule has 0 atom stereocenters. The molecule has 0 aliphatic carbocycles. The Morgan fingerprint density at radius 3 is 1.24 bits per heavy atom. The van der Waals surface area contributed by atoms with Gasteiger partial charge in [-0.3, -0.25) is 71.0 Å². The van der Waals surface area contributed by atoms with Crippen LogP contribution >= 0.6 is 114 Å². The Hall–Kier alpha value is -14.5. The molecule has 750 valence electrons. The van der Waals surface area contributed by atoms with E-state index >= 15 is 0 Å². The second-order valence-electron chi connectivity index (χ2n) is 28.7. The van der Waals surface area contributed by atoms with Gasteiger partial charge >= 0.3 is 89.1 Å². The van der Waals surface area contributed by atoms with Crippen LogP contribution in [0.15, 0.2) is 83.9 Å². The number of aromatic nitrogens is 4. The van der Waals surface area contributed by atoms with E-state index in [1.807, 2.05) is 0 Å². The summed E-state index contributed by atoms with van der Waals surface area (Å²) in [5, 5.41) is 54.3. The molecule has 59 heteroatoms.